The summed E-state index contributed by atoms with van der Waals surface area (Å²) in [4.78, 5) is 13.7. The quantitative estimate of drug-likeness (QED) is 0.788. The first-order valence-corrected chi connectivity index (χ1v) is 6.49. The summed E-state index contributed by atoms with van der Waals surface area (Å²) in [6.07, 6.45) is 2.23. The molecule has 2 nitrogen and oxygen atoms in total. The maximum Gasteiger partial charge on any atom is 0.234 e. The summed E-state index contributed by atoms with van der Waals surface area (Å²) in [7, 11) is 0. The van der Waals surface area contributed by atoms with Crippen molar-refractivity contribution < 1.29 is 9.18 Å². The second kappa shape index (κ2) is 3.77. The SMILES string of the molecule is O=C1CS[C@@H](c2ccc(F)cc2)N1C1CC1. The zero-order valence-corrected chi connectivity index (χ0v) is 9.54. The molecule has 1 amide bonds. The van der Waals surface area contributed by atoms with E-state index in [-0.39, 0.29) is 17.1 Å². The molecular formula is C12H12FNOS. The number of hydrogen-bond donors (Lipinski definition) is 0. The highest BCUT2D eigenvalue weighted by Gasteiger charge is 2.42. The average Bonchev–Trinajstić information content (AvgIpc) is 3.04. The number of halogens is 1. The summed E-state index contributed by atoms with van der Waals surface area (Å²) in [5.74, 6) is 0.552. The van der Waals surface area contributed by atoms with Crippen molar-refractivity contribution in [3.8, 4) is 0 Å². The predicted octanol–water partition coefficient (Wildman–Crippen LogP) is 2.56. The Kier molecular flexibility index (Phi) is 2.39. The number of carbonyl (C=O) groups excluding carboxylic acids is 1. The van der Waals surface area contributed by atoms with Crippen LogP contribution in [0.5, 0.6) is 0 Å². The molecule has 2 fully saturated rings. The Morgan fingerprint density at radius 3 is 2.56 bits per heavy atom. The highest BCUT2D eigenvalue weighted by Crippen LogP contribution is 2.45. The van der Waals surface area contributed by atoms with Gasteiger partial charge in [0.25, 0.3) is 0 Å². The second-order valence-electron chi connectivity index (χ2n) is 4.25. The number of hydrogen-bond acceptors (Lipinski definition) is 2. The van der Waals surface area contributed by atoms with E-state index >= 15 is 0 Å². The van der Waals surface area contributed by atoms with Crippen LogP contribution in [0.4, 0.5) is 4.39 Å². The minimum absolute atomic E-state index is 0.0978. The highest BCUT2D eigenvalue weighted by molar-refractivity contribution is 8.00. The smallest absolute Gasteiger partial charge is 0.234 e. The fourth-order valence-corrected chi connectivity index (χ4v) is 3.32. The van der Waals surface area contributed by atoms with Crippen LogP contribution in [0, 0.1) is 5.82 Å². The third-order valence-electron chi connectivity index (χ3n) is 3.00. The minimum Gasteiger partial charge on any atom is -0.323 e. The van der Waals surface area contributed by atoms with Gasteiger partial charge in [-0.2, -0.15) is 0 Å². The highest BCUT2D eigenvalue weighted by atomic mass is 32.2. The van der Waals surface area contributed by atoms with E-state index in [1.807, 2.05) is 4.90 Å². The molecule has 3 rings (SSSR count). The third-order valence-corrected chi connectivity index (χ3v) is 4.23. The zero-order valence-electron chi connectivity index (χ0n) is 8.73. The van der Waals surface area contributed by atoms with Crippen LogP contribution >= 0.6 is 11.8 Å². The Labute approximate surface area is 97.8 Å². The van der Waals surface area contributed by atoms with Gasteiger partial charge in [-0.3, -0.25) is 4.79 Å². The summed E-state index contributed by atoms with van der Waals surface area (Å²) in [6.45, 7) is 0. The molecule has 1 saturated carbocycles. The largest absolute Gasteiger partial charge is 0.323 e. The fourth-order valence-electron chi connectivity index (χ4n) is 2.07. The van der Waals surface area contributed by atoms with Crippen LogP contribution in [0.3, 0.4) is 0 Å². The van der Waals surface area contributed by atoms with Crippen LogP contribution < -0.4 is 0 Å². The Bertz CT molecular complexity index is 416. The molecule has 0 unspecified atom stereocenters. The molecule has 1 heterocycles. The van der Waals surface area contributed by atoms with Crippen LogP contribution in [0.1, 0.15) is 23.8 Å². The van der Waals surface area contributed by atoms with Gasteiger partial charge < -0.3 is 4.90 Å². The van der Waals surface area contributed by atoms with Crippen LogP contribution in [-0.4, -0.2) is 22.6 Å². The topological polar surface area (TPSA) is 20.3 Å². The molecule has 1 aromatic carbocycles. The molecular weight excluding hydrogens is 225 g/mol. The van der Waals surface area contributed by atoms with Crippen molar-refractivity contribution in [2.75, 3.05) is 5.75 Å². The van der Waals surface area contributed by atoms with Gasteiger partial charge in [0.05, 0.1) is 5.75 Å². The lowest BCUT2D eigenvalue weighted by Crippen LogP contribution is -2.30. The Morgan fingerprint density at radius 2 is 1.94 bits per heavy atom. The Morgan fingerprint density at radius 1 is 1.25 bits per heavy atom. The summed E-state index contributed by atoms with van der Waals surface area (Å²) >= 11 is 1.64. The molecule has 0 aromatic heterocycles. The number of amides is 1. The van der Waals surface area contributed by atoms with Crippen molar-refractivity contribution >= 4 is 17.7 Å². The maximum atomic E-state index is 12.8. The standard InChI is InChI=1S/C12H12FNOS/c13-9-3-1-8(2-4-9)12-14(10-5-6-10)11(15)7-16-12/h1-4,10,12H,5-7H2/t12-/m0/s1. The summed E-state index contributed by atoms with van der Waals surface area (Å²) in [6, 6.07) is 6.91. The zero-order chi connectivity index (χ0) is 11.1. The summed E-state index contributed by atoms with van der Waals surface area (Å²) < 4.78 is 12.8. The van der Waals surface area contributed by atoms with Gasteiger partial charge in [-0.05, 0) is 30.5 Å². The van der Waals surface area contributed by atoms with Crippen molar-refractivity contribution in [1.29, 1.82) is 0 Å². The lowest BCUT2D eigenvalue weighted by atomic mass is 10.2. The van der Waals surface area contributed by atoms with E-state index < -0.39 is 0 Å². The predicted molar refractivity (Wildman–Crippen MR) is 61.5 cm³/mol. The monoisotopic (exact) mass is 237 g/mol. The molecule has 0 bridgehead atoms. The van der Waals surface area contributed by atoms with Gasteiger partial charge in [-0.1, -0.05) is 12.1 Å². The second-order valence-corrected chi connectivity index (χ2v) is 5.32. The fraction of sp³-hybridized carbons (Fsp3) is 0.417. The normalized spacial score (nSPS) is 25.2. The van der Waals surface area contributed by atoms with E-state index in [0.717, 1.165) is 18.4 Å². The van der Waals surface area contributed by atoms with E-state index in [1.54, 1.807) is 23.9 Å². The van der Waals surface area contributed by atoms with E-state index in [0.29, 0.717) is 11.8 Å². The summed E-state index contributed by atoms with van der Waals surface area (Å²) in [5.41, 5.74) is 1.03. The van der Waals surface area contributed by atoms with Crippen LogP contribution in [0.15, 0.2) is 24.3 Å². The van der Waals surface area contributed by atoms with Gasteiger partial charge >= 0.3 is 0 Å². The van der Waals surface area contributed by atoms with Crippen molar-refractivity contribution in [3.63, 3.8) is 0 Å². The maximum absolute atomic E-state index is 12.8. The number of benzene rings is 1. The Balaban J connectivity index is 1.88. The van der Waals surface area contributed by atoms with Gasteiger partial charge in [0.2, 0.25) is 5.91 Å². The van der Waals surface area contributed by atoms with Gasteiger partial charge in [0.1, 0.15) is 11.2 Å². The molecule has 1 aromatic rings. The molecule has 1 aliphatic carbocycles. The number of carbonyl (C=O) groups is 1. The first-order valence-electron chi connectivity index (χ1n) is 5.44. The molecule has 4 heteroatoms. The molecule has 0 N–H and O–H groups in total. The van der Waals surface area contributed by atoms with Crippen LogP contribution in [0.25, 0.3) is 0 Å². The molecule has 1 saturated heterocycles. The molecule has 0 radical (unpaired) electrons. The van der Waals surface area contributed by atoms with E-state index in [1.165, 1.54) is 12.1 Å². The van der Waals surface area contributed by atoms with Gasteiger partial charge in [-0.15, -0.1) is 11.8 Å². The summed E-state index contributed by atoms with van der Waals surface area (Å²) in [5, 5.41) is 0.0978. The van der Waals surface area contributed by atoms with Gasteiger partial charge in [0, 0.05) is 6.04 Å². The van der Waals surface area contributed by atoms with Crippen molar-refractivity contribution in [3.05, 3.63) is 35.6 Å². The van der Waals surface area contributed by atoms with Crippen molar-refractivity contribution in [1.82, 2.24) is 4.90 Å². The van der Waals surface area contributed by atoms with E-state index in [4.69, 9.17) is 0 Å². The van der Waals surface area contributed by atoms with Crippen molar-refractivity contribution in [2.24, 2.45) is 0 Å². The first kappa shape index (κ1) is 10.1. The van der Waals surface area contributed by atoms with Crippen LogP contribution in [0.2, 0.25) is 0 Å². The van der Waals surface area contributed by atoms with E-state index in [2.05, 4.69) is 0 Å². The third kappa shape index (κ3) is 1.71. The number of nitrogens with zero attached hydrogens (tertiary/aromatic N) is 1. The lowest BCUT2D eigenvalue weighted by Gasteiger charge is -2.23. The average molecular weight is 237 g/mol. The lowest BCUT2D eigenvalue weighted by molar-refractivity contribution is -0.128. The molecule has 2 aliphatic rings. The van der Waals surface area contributed by atoms with Crippen molar-refractivity contribution in [2.45, 2.75) is 24.3 Å². The van der Waals surface area contributed by atoms with Gasteiger partial charge in [-0.25, -0.2) is 4.39 Å². The molecule has 16 heavy (non-hydrogen) atoms. The van der Waals surface area contributed by atoms with E-state index in [9.17, 15) is 9.18 Å². The molecule has 84 valence electrons. The molecule has 1 aliphatic heterocycles. The van der Waals surface area contributed by atoms with Gasteiger partial charge in [0.15, 0.2) is 0 Å². The molecule has 1 atom stereocenters. The minimum atomic E-state index is -0.226. The number of thioether (sulfide) groups is 1. The van der Waals surface area contributed by atoms with Crippen LogP contribution in [-0.2, 0) is 4.79 Å². The number of rotatable bonds is 2. The first-order chi connectivity index (χ1) is 7.75. The Hall–Kier alpha value is -1.03. The molecule has 0 spiro atoms.